The lowest BCUT2D eigenvalue weighted by Gasteiger charge is -2.18. The standard InChI is InChI=1S/C18H20N2O5/c1-12(16-9-8-15(24-2)11-17(16)25-3)19-18(21)10-13-4-6-14(7-5-13)20(22)23/h4-9,11-12H,10H2,1-3H3,(H,19,21). The van der Waals surface area contributed by atoms with E-state index >= 15 is 0 Å². The van der Waals surface area contributed by atoms with E-state index in [0.29, 0.717) is 17.1 Å². The van der Waals surface area contributed by atoms with E-state index in [1.54, 1.807) is 38.5 Å². The molecule has 0 saturated heterocycles. The first-order valence-corrected chi connectivity index (χ1v) is 7.69. The summed E-state index contributed by atoms with van der Waals surface area (Å²) in [5.41, 5.74) is 1.54. The summed E-state index contributed by atoms with van der Waals surface area (Å²) in [6.07, 6.45) is 0.140. The van der Waals surface area contributed by atoms with Crippen LogP contribution in [0.2, 0.25) is 0 Å². The Bertz CT molecular complexity index is 759. The lowest BCUT2D eigenvalue weighted by atomic mass is 10.1. The first-order chi connectivity index (χ1) is 11.9. The maximum absolute atomic E-state index is 12.2. The number of nitrogens with zero attached hydrogens (tertiary/aromatic N) is 1. The topological polar surface area (TPSA) is 90.7 Å². The molecule has 0 spiro atoms. The second-order valence-corrected chi connectivity index (χ2v) is 5.50. The van der Waals surface area contributed by atoms with E-state index in [2.05, 4.69) is 5.32 Å². The third-order valence-electron chi connectivity index (χ3n) is 3.80. The average molecular weight is 344 g/mol. The third kappa shape index (κ3) is 4.69. The summed E-state index contributed by atoms with van der Waals surface area (Å²) >= 11 is 0. The van der Waals surface area contributed by atoms with Gasteiger partial charge in [0.05, 0.1) is 31.6 Å². The van der Waals surface area contributed by atoms with E-state index in [1.807, 2.05) is 13.0 Å². The number of hydrogen-bond acceptors (Lipinski definition) is 5. The molecule has 0 aliphatic carbocycles. The van der Waals surface area contributed by atoms with Gasteiger partial charge in [-0.05, 0) is 24.6 Å². The molecule has 1 atom stereocenters. The number of carbonyl (C=O) groups is 1. The van der Waals surface area contributed by atoms with Crippen molar-refractivity contribution in [3.63, 3.8) is 0 Å². The van der Waals surface area contributed by atoms with Crippen molar-refractivity contribution in [2.45, 2.75) is 19.4 Å². The van der Waals surface area contributed by atoms with Crippen LogP contribution in [0.25, 0.3) is 0 Å². The van der Waals surface area contributed by atoms with Crippen molar-refractivity contribution in [1.82, 2.24) is 5.32 Å². The number of hydrogen-bond donors (Lipinski definition) is 1. The molecule has 0 aromatic heterocycles. The number of rotatable bonds is 7. The van der Waals surface area contributed by atoms with E-state index in [9.17, 15) is 14.9 Å². The molecular weight excluding hydrogens is 324 g/mol. The number of nitrogens with one attached hydrogen (secondary N) is 1. The van der Waals surface area contributed by atoms with E-state index in [0.717, 1.165) is 5.56 Å². The highest BCUT2D eigenvalue weighted by molar-refractivity contribution is 5.79. The minimum atomic E-state index is -0.470. The molecule has 1 N–H and O–H groups in total. The van der Waals surface area contributed by atoms with E-state index in [4.69, 9.17) is 9.47 Å². The Labute approximate surface area is 145 Å². The predicted octanol–water partition coefficient (Wildman–Crippen LogP) is 3.03. The number of carbonyl (C=O) groups excluding carboxylic acids is 1. The van der Waals surface area contributed by atoms with Crippen LogP contribution in [0.15, 0.2) is 42.5 Å². The molecule has 0 bridgehead atoms. The quantitative estimate of drug-likeness (QED) is 0.616. The molecule has 0 aliphatic heterocycles. The lowest BCUT2D eigenvalue weighted by molar-refractivity contribution is -0.384. The molecule has 0 aliphatic rings. The monoisotopic (exact) mass is 344 g/mol. The summed E-state index contributed by atoms with van der Waals surface area (Å²) < 4.78 is 10.5. The number of nitro groups is 1. The van der Waals surface area contributed by atoms with Gasteiger partial charge >= 0.3 is 0 Å². The fraction of sp³-hybridized carbons (Fsp3) is 0.278. The van der Waals surface area contributed by atoms with Gasteiger partial charge in [-0.2, -0.15) is 0 Å². The molecule has 0 radical (unpaired) electrons. The van der Waals surface area contributed by atoms with Gasteiger partial charge in [-0.15, -0.1) is 0 Å². The van der Waals surface area contributed by atoms with Crippen molar-refractivity contribution >= 4 is 11.6 Å². The van der Waals surface area contributed by atoms with Gasteiger partial charge in [0.2, 0.25) is 5.91 Å². The fourth-order valence-corrected chi connectivity index (χ4v) is 2.47. The molecule has 2 aromatic carbocycles. The van der Waals surface area contributed by atoms with Crippen molar-refractivity contribution in [2.75, 3.05) is 14.2 Å². The largest absolute Gasteiger partial charge is 0.497 e. The zero-order valence-electron chi connectivity index (χ0n) is 14.3. The zero-order chi connectivity index (χ0) is 18.4. The molecule has 7 heteroatoms. The van der Waals surface area contributed by atoms with Crippen LogP contribution < -0.4 is 14.8 Å². The van der Waals surface area contributed by atoms with Gasteiger partial charge in [-0.3, -0.25) is 14.9 Å². The van der Waals surface area contributed by atoms with Crippen LogP contribution in [-0.2, 0) is 11.2 Å². The van der Waals surface area contributed by atoms with Gasteiger partial charge in [-0.25, -0.2) is 0 Å². The minimum absolute atomic E-state index is 0.000459. The minimum Gasteiger partial charge on any atom is -0.497 e. The number of amides is 1. The van der Waals surface area contributed by atoms with Gasteiger partial charge in [-0.1, -0.05) is 12.1 Å². The highest BCUT2D eigenvalue weighted by Crippen LogP contribution is 2.29. The van der Waals surface area contributed by atoms with Crippen molar-refractivity contribution in [3.05, 3.63) is 63.7 Å². The van der Waals surface area contributed by atoms with Crippen LogP contribution in [0.1, 0.15) is 24.1 Å². The SMILES string of the molecule is COc1ccc(C(C)NC(=O)Cc2ccc([N+](=O)[O-])cc2)c(OC)c1. The summed E-state index contributed by atoms with van der Waals surface area (Å²) in [7, 11) is 3.13. The summed E-state index contributed by atoms with van der Waals surface area (Å²) in [4.78, 5) is 22.4. The summed E-state index contributed by atoms with van der Waals surface area (Å²) in [5, 5.41) is 13.5. The van der Waals surface area contributed by atoms with Gasteiger partial charge < -0.3 is 14.8 Å². The van der Waals surface area contributed by atoms with Crippen LogP contribution >= 0.6 is 0 Å². The van der Waals surface area contributed by atoms with Crippen LogP contribution in [0.5, 0.6) is 11.5 Å². The molecule has 0 fully saturated rings. The molecule has 1 amide bonds. The molecule has 0 saturated carbocycles. The Morgan fingerprint density at radius 1 is 1.16 bits per heavy atom. The zero-order valence-corrected chi connectivity index (χ0v) is 14.3. The van der Waals surface area contributed by atoms with Gasteiger partial charge in [0.1, 0.15) is 11.5 Å². The molecule has 2 aromatic rings. The predicted molar refractivity (Wildman–Crippen MR) is 92.9 cm³/mol. The number of ether oxygens (including phenoxy) is 2. The van der Waals surface area contributed by atoms with E-state index in [-0.39, 0.29) is 24.1 Å². The summed E-state index contributed by atoms with van der Waals surface area (Å²) in [5.74, 6) is 1.12. The van der Waals surface area contributed by atoms with Crippen molar-refractivity contribution in [3.8, 4) is 11.5 Å². The Morgan fingerprint density at radius 3 is 2.40 bits per heavy atom. The van der Waals surface area contributed by atoms with Crippen LogP contribution in [0.3, 0.4) is 0 Å². The maximum Gasteiger partial charge on any atom is 0.269 e. The number of nitro benzene ring substituents is 1. The first-order valence-electron chi connectivity index (χ1n) is 7.69. The molecule has 7 nitrogen and oxygen atoms in total. The fourth-order valence-electron chi connectivity index (χ4n) is 2.47. The number of benzene rings is 2. The normalized spacial score (nSPS) is 11.5. The van der Waals surface area contributed by atoms with Crippen molar-refractivity contribution in [2.24, 2.45) is 0 Å². The van der Waals surface area contributed by atoms with E-state index < -0.39 is 4.92 Å². The molecule has 1 unspecified atom stereocenters. The van der Waals surface area contributed by atoms with Gasteiger partial charge in [0.25, 0.3) is 5.69 Å². The second-order valence-electron chi connectivity index (χ2n) is 5.50. The van der Waals surface area contributed by atoms with Crippen molar-refractivity contribution < 1.29 is 19.2 Å². The molecule has 2 rings (SSSR count). The Balaban J connectivity index is 2.03. The number of methoxy groups -OCH3 is 2. The first kappa shape index (κ1) is 18.3. The highest BCUT2D eigenvalue weighted by atomic mass is 16.6. The molecule has 0 heterocycles. The van der Waals surface area contributed by atoms with Gasteiger partial charge in [0.15, 0.2) is 0 Å². The van der Waals surface area contributed by atoms with E-state index in [1.165, 1.54) is 12.1 Å². The van der Waals surface area contributed by atoms with Crippen LogP contribution in [-0.4, -0.2) is 25.1 Å². The Hall–Kier alpha value is -3.09. The van der Waals surface area contributed by atoms with Crippen LogP contribution in [0.4, 0.5) is 5.69 Å². The average Bonchev–Trinajstić information content (AvgIpc) is 2.61. The Kier molecular flexibility index (Phi) is 5.94. The smallest absolute Gasteiger partial charge is 0.269 e. The summed E-state index contributed by atoms with van der Waals surface area (Å²) in [6, 6.07) is 11.1. The lowest BCUT2D eigenvalue weighted by Crippen LogP contribution is -2.28. The highest BCUT2D eigenvalue weighted by Gasteiger charge is 2.15. The maximum atomic E-state index is 12.2. The third-order valence-corrected chi connectivity index (χ3v) is 3.80. The summed E-state index contributed by atoms with van der Waals surface area (Å²) in [6.45, 7) is 1.86. The molecule has 132 valence electrons. The Morgan fingerprint density at radius 2 is 1.84 bits per heavy atom. The van der Waals surface area contributed by atoms with Gasteiger partial charge in [0, 0.05) is 23.8 Å². The second kappa shape index (κ2) is 8.14. The number of non-ortho nitro benzene ring substituents is 1. The molecular formula is C18H20N2O5. The molecule has 25 heavy (non-hydrogen) atoms. The van der Waals surface area contributed by atoms with Crippen molar-refractivity contribution in [1.29, 1.82) is 0 Å². The van der Waals surface area contributed by atoms with Crippen LogP contribution in [0, 0.1) is 10.1 Å².